The van der Waals surface area contributed by atoms with Gasteiger partial charge in [-0.3, -0.25) is 20.1 Å². The normalized spacial score (nSPS) is 10.4. The van der Waals surface area contributed by atoms with Crippen LogP contribution in [0.25, 0.3) is 11.3 Å². The summed E-state index contributed by atoms with van der Waals surface area (Å²) in [7, 11) is 0. The lowest BCUT2D eigenvalue weighted by Gasteiger charge is -2.10. The molecule has 2 aromatic heterocycles. The van der Waals surface area contributed by atoms with Crippen LogP contribution in [0, 0.1) is 0 Å². The number of aromatic nitrogens is 2. The fourth-order valence-electron chi connectivity index (χ4n) is 2.43. The summed E-state index contributed by atoms with van der Waals surface area (Å²) >= 11 is 1.37. The van der Waals surface area contributed by atoms with Gasteiger partial charge in [0.2, 0.25) is 0 Å². The predicted molar refractivity (Wildman–Crippen MR) is 111 cm³/mol. The van der Waals surface area contributed by atoms with Gasteiger partial charge in [0.15, 0.2) is 5.13 Å². The fourth-order valence-corrected chi connectivity index (χ4v) is 3.15. The predicted octanol–water partition coefficient (Wildman–Crippen LogP) is 3.55. The van der Waals surface area contributed by atoms with Crippen LogP contribution in [0.1, 0.15) is 16.8 Å². The minimum Gasteiger partial charge on any atom is -0.383 e. The van der Waals surface area contributed by atoms with E-state index >= 15 is 0 Å². The molecule has 0 saturated heterocycles. The Bertz CT molecular complexity index is 925. The molecule has 0 spiro atoms. The first-order chi connectivity index (χ1) is 13.2. The van der Waals surface area contributed by atoms with Crippen LogP contribution in [0.2, 0.25) is 0 Å². The van der Waals surface area contributed by atoms with Crippen LogP contribution in [0.3, 0.4) is 0 Å². The summed E-state index contributed by atoms with van der Waals surface area (Å²) in [6.45, 7) is 4.93. The molecule has 1 aromatic carbocycles. The summed E-state index contributed by atoms with van der Waals surface area (Å²) in [5.74, 6) is -0.246. The summed E-state index contributed by atoms with van der Waals surface area (Å²) in [5, 5.41) is 8.49. The number of amides is 1. The molecule has 7 nitrogen and oxygen atoms in total. The molecule has 1 amide bonds. The highest BCUT2D eigenvalue weighted by atomic mass is 32.1. The molecule has 0 aliphatic rings. The maximum absolute atomic E-state index is 12.5. The Morgan fingerprint density at radius 1 is 1.26 bits per heavy atom. The van der Waals surface area contributed by atoms with Crippen molar-refractivity contribution in [3.8, 4) is 11.3 Å². The van der Waals surface area contributed by atoms with E-state index in [0.717, 1.165) is 29.9 Å². The van der Waals surface area contributed by atoms with Gasteiger partial charge in [0.25, 0.3) is 5.91 Å². The van der Waals surface area contributed by atoms with Crippen molar-refractivity contribution in [1.82, 2.24) is 9.97 Å². The molecule has 4 N–H and O–H groups in total. The number of thiazole rings is 1. The van der Waals surface area contributed by atoms with E-state index in [9.17, 15) is 4.79 Å². The molecule has 0 atom stereocenters. The van der Waals surface area contributed by atoms with Crippen molar-refractivity contribution < 1.29 is 4.79 Å². The van der Waals surface area contributed by atoms with Crippen molar-refractivity contribution in [1.29, 1.82) is 0 Å². The number of carbonyl (C=O) groups excluding carboxylic acids is 1. The topological polar surface area (TPSA) is 105 Å². The number of hydrogen-bond donors (Lipinski definition) is 3. The number of nitrogens with one attached hydrogen (secondary N) is 2. The average molecular weight is 380 g/mol. The summed E-state index contributed by atoms with van der Waals surface area (Å²) in [6.07, 6.45) is 4.27. The van der Waals surface area contributed by atoms with Crippen LogP contribution in [-0.4, -0.2) is 35.7 Å². The minimum atomic E-state index is -0.246. The van der Waals surface area contributed by atoms with E-state index in [1.807, 2.05) is 23.6 Å². The maximum atomic E-state index is 12.5. The number of aliphatic imine (C=N–C) groups is 1. The number of nitrogens with two attached hydrogens (primary N) is 1. The molecule has 0 aliphatic heterocycles. The molecule has 0 bridgehead atoms. The molecule has 0 aliphatic carbocycles. The van der Waals surface area contributed by atoms with Crippen LogP contribution in [0.15, 0.2) is 53.1 Å². The van der Waals surface area contributed by atoms with Gasteiger partial charge in [-0.1, -0.05) is 0 Å². The number of benzene rings is 1. The first kappa shape index (κ1) is 18.7. The SMILES string of the molecule is C=Nc1cc(C(=O)Nc2nc(-c3ccncc3)cs2)ccc1NCCCN. The smallest absolute Gasteiger partial charge is 0.257 e. The number of nitrogens with zero attached hydrogens (tertiary/aromatic N) is 3. The second-order valence-electron chi connectivity index (χ2n) is 5.69. The Morgan fingerprint density at radius 2 is 2.07 bits per heavy atom. The summed E-state index contributed by atoms with van der Waals surface area (Å²) in [6, 6.07) is 9.01. The third kappa shape index (κ3) is 4.75. The van der Waals surface area contributed by atoms with Gasteiger partial charge in [-0.25, -0.2) is 4.98 Å². The van der Waals surface area contributed by atoms with Crippen LogP contribution in [0.4, 0.5) is 16.5 Å². The molecule has 0 radical (unpaired) electrons. The van der Waals surface area contributed by atoms with Crippen molar-refractivity contribution >= 4 is 40.5 Å². The van der Waals surface area contributed by atoms with Gasteiger partial charge in [0, 0.05) is 35.4 Å². The number of carbonyl (C=O) groups is 1. The number of anilines is 2. The highest BCUT2D eigenvalue weighted by molar-refractivity contribution is 7.14. The minimum absolute atomic E-state index is 0.246. The largest absolute Gasteiger partial charge is 0.383 e. The highest BCUT2D eigenvalue weighted by Crippen LogP contribution is 2.28. The van der Waals surface area contributed by atoms with Crippen molar-refractivity contribution in [3.05, 3.63) is 53.7 Å². The summed E-state index contributed by atoms with van der Waals surface area (Å²) < 4.78 is 0. The van der Waals surface area contributed by atoms with E-state index < -0.39 is 0 Å². The standard InChI is InChI=1S/C19H20N6OS/c1-21-16-11-14(3-4-15(16)23-8-2-7-20)18(26)25-19-24-17(12-27-19)13-5-9-22-10-6-13/h3-6,9-12,23H,1-2,7-8,20H2,(H,24,25,26). The lowest BCUT2D eigenvalue weighted by Crippen LogP contribution is -2.12. The van der Waals surface area contributed by atoms with Gasteiger partial charge >= 0.3 is 0 Å². The first-order valence-electron chi connectivity index (χ1n) is 8.43. The maximum Gasteiger partial charge on any atom is 0.257 e. The monoisotopic (exact) mass is 380 g/mol. The van der Waals surface area contributed by atoms with Crippen molar-refractivity contribution in [2.75, 3.05) is 23.7 Å². The van der Waals surface area contributed by atoms with E-state index in [0.29, 0.717) is 22.9 Å². The third-order valence-corrected chi connectivity index (χ3v) is 4.59. The summed E-state index contributed by atoms with van der Waals surface area (Å²) in [4.78, 5) is 25.0. The number of rotatable bonds is 8. The Labute approximate surface area is 161 Å². The molecular formula is C19H20N6OS. The Hall–Kier alpha value is -3.10. The summed E-state index contributed by atoms with van der Waals surface area (Å²) in [5.41, 5.74) is 9.18. The van der Waals surface area contributed by atoms with Crippen LogP contribution < -0.4 is 16.4 Å². The van der Waals surface area contributed by atoms with E-state index in [-0.39, 0.29) is 5.91 Å². The lowest BCUT2D eigenvalue weighted by molar-refractivity contribution is 0.102. The first-order valence-corrected chi connectivity index (χ1v) is 9.31. The van der Waals surface area contributed by atoms with Crippen LogP contribution in [-0.2, 0) is 0 Å². The molecule has 3 aromatic rings. The quantitative estimate of drug-likeness (QED) is 0.409. The number of pyridine rings is 1. The third-order valence-electron chi connectivity index (χ3n) is 3.83. The zero-order valence-corrected chi connectivity index (χ0v) is 15.5. The highest BCUT2D eigenvalue weighted by Gasteiger charge is 2.12. The van der Waals surface area contributed by atoms with Gasteiger partial charge in [-0.15, -0.1) is 11.3 Å². The van der Waals surface area contributed by atoms with Crippen LogP contribution in [0.5, 0.6) is 0 Å². The molecule has 0 unspecified atom stereocenters. The second kappa shape index (κ2) is 9.02. The van der Waals surface area contributed by atoms with E-state index in [1.54, 1.807) is 24.5 Å². The van der Waals surface area contributed by atoms with Gasteiger partial charge in [0.05, 0.1) is 17.1 Å². The molecule has 138 valence electrons. The molecule has 3 rings (SSSR count). The van der Waals surface area contributed by atoms with Gasteiger partial charge in [-0.2, -0.15) is 0 Å². The van der Waals surface area contributed by atoms with Crippen molar-refractivity contribution in [2.45, 2.75) is 6.42 Å². The zero-order valence-electron chi connectivity index (χ0n) is 14.7. The van der Waals surface area contributed by atoms with Crippen LogP contribution >= 0.6 is 11.3 Å². The van der Waals surface area contributed by atoms with Gasteiger partial charge in [0.1, 0.15) is 0 Å². The van der Waals surface area contributed by atoms with Crippen molar-refractivity contribution in [3.63, 3.8) is 0 Å². The molecular weight excluding hydrogens is 360 g/mol. The average Bonchev–Trinajstić information content (AvgIpc) is 3.17. The van der Waals surface area contributed by atoms with Gasteiger partial charge in [-0.05, 0) is 50.0 Å². The zero-order chi connectivity index (χ0) is 19.1. The van der Waals surface area contributed by atoms with E-state index in [1.165, 1.54) is 11.3 Å². The Balaban J connectivity index is 1.71. The van der Waals surface area contributed by atoms with E-state index in [2.05, 4.69) is 32.3 Å². The van der Waals surface area contributed by atoms with Crippen molar-refractivity contribution in [2.24, 2.45) is 10.7 Å². The van der Waals surface area contributed by atoms with E-state index in [4.69, 9.17) is 5.73 Å². The molecule has 2 heterocycles. The number of hydrogen-bond acceptors (Lipinski definition) is 7. The second-order valence-corrected chi connectivity index (χ2v) is 6.55. The lowest BCUT2D eigenvalue weighted by atomic mass is 10.1. The molecule has 0 fully saturated rings. The molecule has 0 saturated carbocycles. The Morgan fingerprint density at radius 3 is 2.81 bits per heavy atom. The van der Waals surface area contributed by atoms with Gasteiger partial charge < -0.3 is 11.1 Å². The molecule has 8 heteroatoms. The fraction of sp³-hybridized carbons (Fsp3) is 0.158. The Kier molecular flexibility index (Phi) is 6.24. The molecule has 27 heavy (non-hydrogen) atoms.